The highest BCUT2D eigenvalue weighted by Gasteiger charge is 2.40. The van der Waals surface area contributed by atoms with Crippen LogP contribution in [0.3, 0.4) is 0 Å². The maximum atomic E-state index is 14.1. The standard InChI is InChI=1S/C19H23FN4O6S/c1-12-3-4-14(9-21-12)22-19(25)23-15-5-13(20)6-17(7-15)30-18-8-16(11-29-2)24(10-18)31(26,27)28/h3-7,9,16,18H,8,10-11H2,1-2H3,(H2,22,23,25)(H,26,27,28). The van der Waals surface area contributed by atoms with E-state index in [-0.39, 0.29) is 31.0 Å². The van der Waals surface area contributed by atoms with Crippen molar-refractivity contribution in [3.8, 4) is 5.75 Å². The molecule has 0 radical (unpaired) electrons. The van der Waals surface area contributed by atoms with Gasteiger partial charge in [-0.2, -0.15) is 12.7 Å². The number of carbonyl (C=O) groups is 1. The van der Waals surface area contributed by atoms with Crippen molar-refractivity contribution >= 4 is 27.7 Å². The fraction of sp³-hybridized carbons (Fsp3) is 0.368. The Morgan fingerprint density at radius 1 is 1.29 bits per heavy atom. The number of halogens is 1. The van der Waals surface area contributed by atoms with Crippen LogP contribution in [0.5, 0.6) is 5.75 Å². The summed E-state index contributed by atoms with van der Waals surface area (Å²) in [6.45, 7) is 1.77. The smallest absolute Gasteiger partial charge is 0.336 e. The van der Waals surface area contributed by atoms with Crippen molar-refractivity contribution in [2.45, 2.75) is 25.5 Å². The van der Waals surface area contributed by atoms with E-state index in [0.717, 1.165) is 22.1 Å². The van der Waals surface area contributed by atoms with E-state index < -0.39 is 34.3 Å². The number of carbonyl (C=O) groups excluding carboxylic acids is 1. The second-order valence-electron chi connectivity index (χ2n) is 7.08. The van der Waals surface area contributed by atoms with E-state index in [1.807, 2.05) is 6.92 Å². The van der Waals surface area contributed by atoms with Crippen LogP contribution in [0.15, 0.2) is 36.5 Å². The average molecular weight is 454 g/mol. The lowest BCUT2D eigenvalue weighted by Gasteiger charge is -2.18. The van der Waals surface area contributed by atoms with Gasteiger partial charge in [0.1, 0.15) is 17.7 Å². The van der Waals surface area contributed by atoms with Gasteiger partial charge in [-0.25, -0.2) is 9.18 Å². The number of aryl methyl sites for hydroxylation is 1. The molecule has 0 spiro atoms. The number of methoxy groups -OCH3 is 1. The highest BCUT2D eigenvalue weighted by molar-refractivity contribution is 7.83. The third-order valence-corrected chi connectivity index (χ3v) is 5.62. The molecular formula is C19H23FN4O6S. The van der Waals surface area contributed by atoms with E-state index in [4.69, 9.17) is 9.47 Å². The summed E-state index contributed by atoms with van der Waals surface area (Å²) in [6.07, 6.45) is 1.10. The predicted molar refractivity (Wildman–Crippen MR) is 111 cm³/mol. The van der Waals surface area contributed by atoms with Gasteiger partial charge in [0.05, 0.1) is 31.1 Å². The van der Waals surface area contributed by atoms with E-state index in [1.165, 1.54) is 19.4 Å². The van der Waals surface area contributed by atoms with Gasteiger partial charge in [0.25, 0.3) is 0 Å². The number of hydrogen-bond donors (Lipinski definition) is 3. The molecule has 2 atom stereocenters. The number of urea groups is 1. The molecule has 1 aromatic carbocycles. The molecule has 1 aromatic heterocycles. The van der Waals surface area contributed by atoms with Gasteiger partial charge in [0, 0.05) is 37.0 Å². The van der Waals surface area contributed by atoms with Crippen molar-refractivity contribution in [3.05, 3.63) is 48.0 Å². The number of anilines is 2. The zero-order valence-corrected chi connectivity index (χ0v) is 17.7. The van der Waals surface area contributed by atoms with Crippen molar-refractivity contribution < 1.29 is 31.6 Å². The van der Waals surface area contributed by atoms with E-state index >= 15 is 0 Å². The van der Waals surface area contributed by atoms with E-state index in [9.17, 15) is 22.2 Å². The summed E-state index contributed by atoms with van der Waals surface area (Å²) in [5.41, 5.74) is 1.41. The van der Waals surface area contributed by atoms with Gasteiger partial charge in [-0.05, 0) is 25.1 Å². The monoisotopic (exact) mass is 454 g/mol. The lowest BCUT2D eigenvalue weighted by Crippen LogP contribution is -2.38. The molecule has 168 valence electrons. The Hall–Kier alpha value is -2.80. The zero-order chi connectivity index (χ0) is 22.6. The van der Waals surface area contributed by atoms with E-state index in [0.29, 0.717) is 5.69 Å². The lowest BCUT2D eigenvalue weighted by atomic mass is 10.2. The Balaban J connectivity index is 1.66. The molecule has 2 heterocycles. The first kappa shape index (κ1) is 22.9. The lowest BCUT2D eigenvalue weighted by molar-refractivity contribution is 0.143. The van der Waals surface area contributed by atoms with Crippen LogP contribution in [0.2, 0.25) is 0 Å². The minimum absolute atomic E-state index is 0.0731. The molecule has 3 rings (SSSR count). The zero-order valence-electron chi connectivity index (χ0n) is 16.9. The Kier molecular flexibility index (Phi) is 7.05. The predicted octanol–water partition coefficient (Wildman–Crippen LogP) is 2.44. The minimum atomic E-state index is -4.43. The van der Waals surface area contributed by atoms with Gasteiger partial charge in [0.15, 0.2) is 0 Å². The van der Waals surface area contributed by atoms with Crippen LogP contribution < -0.4 is 15.4 Å². The SMILES string of the molecule is COCC1CC(Oc2cc(F)cc(NC(=O)Nc3ccc(C)nc3)c2)CN1S(=O)(=O)O. The first-order valence-corrected chi connectivity index (χ1v) is 10.7. The number of nitrogens with one attached hydrogen (secondary N) is 2. The average Bonchev–Trinajstić information content (AvgIpc) is 3.06. The Morgan fingerprint density at radius 3 is 2.68 bits per heavy atom. The van der Waals surface area contributed by atoms with Gasteiger partial charge >= 0.3 is 16.3 Å². The van der Waals surface area contributed by atoms with Crippen LogP contribution in [0.25, 0.3) is 0 Å². The summed E-state index contributed by atoms with van der Waals surface area (Å²) < 4.78 is 58.2. The third kappa shape index (κ3) is 6.34. The van der Waals surface area contributed by atoms with Crippen molar-refractivity contribution in [2.75, 3.05) is 30.9 Å². The molecule has 2 unspecified atom stereocenters. The summed E-state index contributed by atoms with van der Waals surface area (Å²) in [5.74, 6) is -0.548. The van der Waals surface area contributed by atoms with Gasteiger partial charge in [-0.3, -0.25) is 9.54 Å². The summed E-state index contributed by atoms with van der Waals surface area (Å²) in [5, 5.41) is 5.09. The molecule has 2 aromatic rings. The van der Waals surface area contributed by atoms with Crippen molar-refractivity contribution in [1.29, 1.82) is 0 Å². The molecule has 12 heteroatoms. The fourth-order valence-electron chi connectivity index (χ4n) is 3.29. The molecule has 3 N–H and O–H groups in total. The molecule has 0 saturated carbocycles. The molecule has 10 nitrogen and oxygen atoms in total. The van der Waals surface area contributed by atoms with E-state index in [2.05, 4.69) is 15.6 Å². The highest BCUT2D eigenvalue weighted by Crippen LogP contribution is 2.27. The van der Waals surface area contributed by atoms with Crippen molar-refractivity contribution in [3.63, 3.8) is 0 Å². The molecule has 1 fully saturated rings. The second kappa shape index (κ2) is 9.56. The maximum Gasteiger partial charge on any atom is 0.336 e. The topological polar surface area (TPSA) is 130 Å². The molecule has 2 amide bonds. The number of benzene rings is 1. The maximum absolute atomic E-state index is 14.1. The molecular weight excluding hydrogens is 431 g/mol. The number of nitrogens with zero attached hydrogens (tertiary/aromatic N) is 2. The van der Waals surface area contributed by atoms with Crippen LogP contribution >= 0.6 is 0 Å². The Labute approximate surface area is 179 Å². The molecule has 0 aliphatic carbocycles. The molecule has 1 aliphatic heterocycles. The molecule has 31 heavy (non-hydrogen) atoms. The Bertz CT molecular complexity index is 1030. The number of amides is 2. The second-order valence-corrected chi connectivity index (χ2v) is 8.44. The first-order valence-electron chi connectivity index (χ1n) is 9.35. The largest absolute Gasteiger partial charge is 0.489 e. The summed E-state index contributed by atoms with van der Waals surface area (Å²) in [7, 11) is -3.02. The summed E-state index contributed by atoms with van der Waals surface area (Å²) in [4.78, 5) is 16.2. The molecule has 0 bridgehead atoms. The number of ether oxygens (including phenoxy) is 2. The van der Waals surface area contributed by atoms with Crippen molar-refractivity contribution in [1.82, 2.24) is 9.29 Å². The third-order valence-electron chi connectivity index (χ3n) is 4.58. The summed E-state index contributed by atoms with van der Waals surface area (Å²) >= 11 is 0. The number of hydrogen-bond acceptors (Lipinski definition) is 6. The van der Waals surface area contributed by atoms with Crippen molar-refractivity contribution in [2.24, 2.45) is 0 Å². The number of rotatable bonds is 7. The first-order chi connectivity index (χ1) is 14.6. The molecule has 1 aliphatic rings. The van der Waals surface area contributed by atoms with Crippen LogP contribution in [0.1, 0.15) is 12.1 Å². The van der Waals surface area contributed by atoms with E-state index in [1.54, 1.807) is 12.1 Å². The van der Waals surface area contributed by atoms with Gasteiger partial charge < -0.3 is 20.1 Å². The molecule has 1 saturated heterocycles. The van der Waals surface area contributed by atoms with Crippen LogP contribution in [-0.2, 0) is 15.0 Å². The van der Waals surface area contributed by atoms with Gasteiger partial charge in [0.2, 0.25) is 0 Å². The van der Waals surface area contributed by atoms with Crippen LogP contribution in [0.4, 0.5) is 20.6 Å². The minimum Gasteiger partial charge on any atom is -0.489 e. The van der Waals surface area contributed by atoms with Crippen LogP contribution in [0, 0.1) is 12.7 Å². The Morgan fingerprint density at radius 2 is 2.03 bits per heavy atom. The highest BCUT2D eigenvalue weighted by atomic mass is 32.2. The normalized spacial score (nSPS) is 19.2. The quantitative estimate of drug-likeness (QED) is 0.548. The van der Waals surface area contributed by atoms with Gasteiger partial charge in [-0.1, -0.05) is 0 Å². The number of aromatic nitrogens is 1. The summed E-state index contributed by atoms with van der Waals surface area (Å²) in [6, 6.07) is 5.86. The van der Waals surface area contributed by atoms with Crippen LogP contribution in [-0.4, -0.2) is 60.7 Å². The fourth-order valence-corrected chi connectivity index (χ4v) is 4.17. The number of pyridine rings is 1. The van der Waals surface area contributed by atoms with Gasteiger partial charge in [-0.15, -0.1) is 0 Å².